The third kappa shape index (κ3) is 4.90. The molecule has 0 bridgehead atoms. The minimum absolute atomic E-state index is 0.450. The highest BCUT2D eigenvalue weighted by Gasteiger charge is 2.11. The largest absolute Gasteiger partial charge is 0.399 e. The molecule has 0 aliphatic rings. The average Bonchev–Trinajstić information content (AvgIpc) is 3.34. The first-order chi connectivity index (χ1) is 16.2. The maximum Gasteiger partial charge on any atom is 0.229 e. The number of rotatable bonds is 7. The van der Waals surface area contributed by atoms with E-state index in [2.05, 4.69) is 35.7 Å². The first-order valence-electron chi connectivity index (χ1n) is 10.2. The molecule has 0 amide bonds. The predicted molar refractivity (Wildman–Crippen MR) is 126 cm³/mol. The topological polar surface area (TPSA) is 132 Å². The Morgan fingerprint density at radius 1 is 0.848 bits per heavy atom. The zero-order valence-electron chi connectivity index (χ0n) is 17.5. The Morgan fingerprint density at radius 3 is 2.45 bits per heavy atom. The molecule has 0 radical (unpaired) electrons. The Hall–Kier alpha value is -4.86. The normalized spacial score (nSPS) is 10.7. The number of nitrogens with two attached hydrogens (primary N) is 1. The van der Waals surface area contributed by atoms with Crippen LogP contribution in [0.2, 0.25) is 0 Å². The molecule has 0 saturated carbocycles. The fourth-order valence-corrected chi connectivity index (χ4v) is 3.26. The summed E-state index contributed by atoms with van der Waals surface area (Å²) in [5, 5.41) is 10.7. The molecule has 33 heavy (non-hydrogen) atoms. The molecule has 5 aromatic rings. The van der Waals surface area contributed by atoms with Gasteiger partial charge in [-0.05, 0) is 35.9 Å². The Balaban J connectivity index is 1.41. The number of nitrogens with zero attached hydrogens (tertiary/aromatic N) is 7. The van der Waals surface area contributed by atoms with Gasteiger partial charge in [-0.1, -0.05) is 18.2 Å². The van der Waals surface area contributed by atoms with Crippen molar-refractivity contribution in [1.82, 2.24) is 34.7 Å². The summed E-state index contributed by atoms with van der Waals surface area (Å²) in [6.45, 7) is 0.652. The van der Waals surface area contributed by atoms with E-state index in [1.54, 1.807) is 29.6 Å². The van der Waals surface area contributed by atoms with E-state index in [0.717, 1.165) is 28.1 Å². The molecule has 3 aromatic heterocycles. The van der Waals surface area contributed by atoms with E-state index in [9.17, 15) is 0 Å². The lowest BCUT2D eigenvalue weighted by Crippen LogP contribution is -2.04. The van der Waals surface area contributed by atoms with E-state index in [1.165, 1.54) is 12.7 Å². The van der Waals surface area contributed by atoms with Gasteiger partial charge in [0.05, 0.1) is 6.54 Å². The van der Waals surface area contributed by atoms with Crippen LogP contribution >= 0.6 is 0 Å². The number of aromatic nitrogens is 7. The lowest BCUT2D eigenvalue weighted by Gasteiger charge is -2.13. The molecule has 0 aliphatic heterocycles. The fourth-order valence-electron chi connectivity index (χ4n) is 3.26. The van der Waals surface area contributed by atoms with Crippen molar-refractivity contribution in [2.75, 3.05) is 16.4 Å². The van der Waals surface area contributed by atoms with Gasteiger partial charge in [0, 0.05) is 46.8 Å². The van der Waals surface area contributed by atoms with Gasteiger partial charge in [-0.15, -0.1) is 0 Å². The monoisotopic (exact) mass is 436 g/mol. The molecule has 4 N–H and O–H groups in total. The molecule has 162 valence electrons. The summed E-state index contributed by atoms with van der Waals surface area (Å²) in [6.07, 6.45) is 9.87. The highest BCUT2D eigenvalue weighted by atomic mass is 15.3. The minimum Gasteiger partial charge on any atom is -0.399 e. The number of hydrogen-bond acceptors (Lipinski definition) is 9. The van der Waals surface area contributed by atoms with Crippen molar-refractivity contribution < 1.29 is 0 Å². The lowest BCUT2D eigenvalue weighted by molar-refractivity contribution is 0.685. The van der Waals surface area contributed by atoms with Crippen molar-refractivity contribution in [3.05, 3.63) is 91.7 Å². The van der Waals surface area contributed by atoms with E-state index in [1.807, 2.05) is 48.5 Å². The Kier molecular flexibility index (Phi) is 5.53. The lowest BCUT2D eigenvalue weighted by atomic mass is 10.1. The zero-order chi connectivity index (χ0) is 22.5. The molecule has 10 heteroatoms. The smallest absolute Gasteiger partial charge is 0.229 e. The molecule has 0 saturated heterocycles. The van der Waals surface area contributed by atoms with Crippen molar-refractivity contribution >= 4 is 28.8 Å². The van der Waals surface area contributed by atoms with Gasteiger partial charge in [-0.25, -0.2) is 24.6 Å². The summed E-state index contributed by atoms with van der Waals surface area (Å²) >= 11 is 0. The molecule has 5 rings (SSSR count). The third-order valence-corrected chi connectivity index (χ3v) is 4.83. The van der Waals surface area contributed by atoms with Gasteiger partial charge in [0.2, 0.25) is 5.95 Å². The Morgan fingerprint density at radius 2 is 1.70 bits per heavy atom. The van der Waals surface area contributed by atoms with Crippen LogP contribution in [0.15, 0.2) is 86.1 Å². The molecule has 10 nitrogen and oxygen atoms in total. The summed E-state index contributed by atoms with van der Waals surface area (Å²) in [5.74, 6) is 1.06. The van der Waals surface area contributed by atoms with Crippen LogP contribution in [0.3, 0.4) is 0 Å². The van der Waals surface area contributed by atoms with E-state index in [-0.39, 0.29) is 0 Å². The summed E-state index contributed by atoms with van der Waals surface area (Å²) in [6, 6.07) is 15.5. The van der Waals surface area contributed by atoms with Gasteiger partial charge in [-0.2, -0.15) is 10.1 Å². The zero-order valence-corrected chi connectivity index (χ0v) is 17.5. The number of benzene rings is 2. The number of hydrogen-bond donors (Lipinski definition) is 3. The molecular formula is C23H20N10. The van der Waals surface area contributed by atoms with Crippen LogP contribution < -0.4 is 16.4 Å². The third-order valence-electron chi connectivity index (χ3n) is 4.83. The van der Waals surface area contributed by atoms with Crippen molar-refractivity contribution in [3.8, 4) is 11.1 Å². The van der Waals surface area contributed by atoms with Gasteiger partial charge in [-0.3, -0.25) is 0 Å². The highest BCUT2D eigenvalue weighted by Crippen LogP contribution is 2.29. The van der Waals surface area contributed by atoms with Crippen LogP contribution in [-0.4, -0.2) is 34.7 Å². The quantitative estimate of drug-likeness (QED) is 0.327. The van der Waals surface area contributed by atoms with Crippen molar-refractivity contribution in [3.63, 3.8) is 0 Å². The van der Waals surface area contributed by atoms with E-state index < -0.39 is 0 Å². The van der Waals surface area contributed by atoms with Crippen LogP contribution in [0.25, 0.3) is 11.1 Å². The van der Waals surface area contributed by atoms with Crippen LogP contribution in [0.4, 0.5) is 28.8 Å². The average molecular weight is 436 g/mol. The molecule has 0 unspecified atom stereocenters. The molecule has 2 aromatic carbocycles. The summed E-state index contributed by atoms with van der Waals surface area (Å²) < 4.78 is 1.77. The second kappa shape index (κ2) is 9.10. The Bertz CT molecular complexity index is 1340. The van der Waals surface area contributed by atoms with Gasteiger partial charge in [0.15, 0.2) is 0 Å². The van der Waals surface area contributed by atoms with Gasteiger partial charge in [0.25, 0.3) is 0 Å². The maximum absolute atomic E-state index is 5.93. The van der Waals surface area contributed by atoms with Gasteiger partial charge in [0.1, 0.15) is 24.8 Å². The minimum atomic E-state index is 0.450. The maximum atomic E-state index is 5.93. The second-order valence-electron chi connectivity index (χ2n) is 7.25. The van der Waals surface area contributed by atoms with E-state index >= 15 is 0 Å². The highest BCUT2D eigenvalue weighted by molar-refractivity contribution is 5.78. The van der Waals surface area contributed by atoms with Gasteiger partial charge >= 0.3 is 0 Å². The second-order valence-corrected chi connectivity index (χ2v) is 7.25. The van der Waals surface area contributed by atoms with Gasteiger partial charge < -0.3 is 16.4 Å². The molecule has 0 aliphatic carbocycles. The SMILES string of the molecule is Nc1cccc(Nc2nc(Nc3ccc(Cn4cncn4)cc3)ncc2-c2cncnc2)c1. The summed E-state index contributed by atoms with van der Waals surface area (Å²) in [7, 11) is 0. The molecule has 0 fully saturated rings. The Labute approximate surface area is 189 Å². The molecule has 0 atom stereocenters. The van der Waals surface area contributed by atoms with Crippen LogP contribution in [-0.2, 0) is 6.54 Å². The first kappa shape index (κ1) is 20.1. The molecule has 0 spiro atoms. The standard InChI is InChI=1S/C23H20N10/c24-18-2-1-3-20(8-18)30-22-21(17-9-25-13-26-10-17)11-28-23(32-22)31-19-6-4-16(5-7-19)12-33-15-27-14-29-33/h1-11,13-15H,12,24H2,(H2,28,30,31,32). The van der Waals surface area contributed by atoms with Crippen molar-refractivity contribution in [1.29, 1.82) is 0 Å². The molecule has 3 heterocycles. The first-order valence-corrected chi connectivity index (χ1v) is 10.2. The van der Waals surface area contributed by atoms with E-state index in [0.29, 0.717) is 24.0 Å². The van der Waals surface area contributed by atoms with Crippen LogP contribution in [0, 0.1) is 0 Å². The summed E-state index contributed by atoms with van der Waals surface area (Å²) in [5.41, 5.74) is 10.9. The fraction of sp³-hybridized carbons (Fsp3) is 0.0435. The number of nitrogen functional groups attached to an aromatic ring is 1. The summed E-state index contributed by atoms with van der Waals surface area (Å²) in [4.78, 5) is 21.4. The van der Waals surface area contributed by atoms with Crippen molar-refractivity contribution in [2.24, 2.45) is 0 Å². The van der Waals surface area contributed by atoms with E-state index in [4.69, 9.17) is 10.7 Å². The predicted octanol–water partition coefficient (Wildman–Crippen LogP) is 3.64. The number of nitrogens with one attached hydrogen (secondary N) is 2. The number of anilines is 5. The van der Waals surface area contributed by atoms with Crippen molar-refractivity contribution in [2.45, 2.75) is 6.54 Å². The molecular weight excluding hydrogens is 416 g/mol. The van der Waals surface area contributed by atoms with Crippen LogP contribution in [0.1, 0.15) is 5.56 Å². The van der Waals surface area contributed by atoms with Crippen LogP contribution in [0.5, 0.6) is 0 Å².